The van der Waals surface area contributed by atoms with E-state index in [9.17, 15) is 18.0 Å². The Morgan fingerprint density at radius 3 is 2.56 bits per heavy atom. The SMILES string of the molecule is CCN(CC(F)(F)F)C(=O)c1cc(Cl)ncc1Cl. The highest BCUT2D eigenvalue weighted by molar-refractivity contribution is 6.35. The van der Waals surface area contributed by atoms with Crippen LogP contribution >= 0.6 is 23.2 Å². The smallest absolute Gasteiger partial charge is 0.330 e. The molecule has 0 saturated heterocycles. The summed E-state index contributed by atoms with van der Waals surface area (Å²) in [6.45, 7) is 0.0214. The zero-order chi connectivity index (χ0) is 13.9. The van der Waals surface area contributed by atoms with E-state index < -0.39 is 18.6 Å². The van der Waals surface area contributed by atoms with Gasteiger partial charge in [-0.05, 0) is 13.0 Å². The lowest BCUT2D eigenvalue weighted by Crippen LogP contribution is -2.38. The first-order valence-corrected chi connectivity index (χ1v) is 5.67. The van der Waals surface area contributed by atoms with Crippen molar-refractivity contribution >= 4 is 29.1 Å². The Hall–Kier alpha value is -1.01. The molecule has 0 aromatic carbocycles. The summed E-state index contributed by atoms with van der Waals surface area (Å²) in [7, 11) is 0. The van der Waals surface area contributed by atoms with Gasteiger partial charge in [0.25, 0.3) is 5.91 Å². The van der Waals surface area contributed by atoms with Gasteiger partial charge in [-0.2, -0.15) is 13.2 Å². The second kappa shape index (κ2) is 5.75. The Labute approximate surface area is 112 Å². The van der Waals surface area contributed by atoms with E-state index in [4.69, 9.17) is 23.2 Å². The lowest BCUT2D eigenvalue weighted by molar-refractivity contribution is -0.140. The fourth-order valence-corrected chi connectivity index (χ4v) is 1.63. The third-order valence-electron chi connectivity index (χ3n) is 2.09. The van der Waals surface area contributed by atoms with Crippen LogP contribution in [-0.2, 0) is 0 Å². The van der Waals surface area contributed by atoms with Crippen LogP contribution in [0.1, 0.15) is 17.3 Å². The molecular weight excluding hydrogens is 292 g/mol. The largest absolute Gasteiger partial charge is 0.406 e. The van der Waals surface area contributed by atoms with E-state index in [2.05, 4.69) is 4.98 Å². The standard InChI is InChI=1S/C10H9Cl2F3N2O/c1-2-17(5-10(13,14)15)9(18)6-3-8(12)16-4-7(6)11/h3-4H,2,5H2,1H3. The topological polar surface area (TPSA) is 33.2 Å². The Kier molecular flexibility index (Phi) is 4.81. The third-order valence-corrected chi connectivity index (χ3v) is 2.60. The summed E-state index contributed by atoms with van der Waals surface area (Å²) in [6.07, 6.45) is -3.34. The molecule has 0 aliphatic carbocycles. The molecule has 1 aromatic heterocycles. The summed E-state index contributed by atoms with van der Waals surface area (Å²) in [4.78, 5) is 16.1. The van der Waals surface area contributed by atoms with Gasteiger partial charge in [0, 0.05) is 12.7 Å². The van der Waals surface area contributed by atoms with Gasteiger partial charge in [0.1, 0.15) is 11.7 Å². The lowest BCUT2D eigenvalue weighted by Gasteiger charge is -2.22. The van der Waals surface area contributed by atoms with Gasteiger partial charge in [0.15, 0.2) is 0 Å². The summed E-state index contributed by atoms with van der Waals surface area (Å²) in [6, 6.07) is 1.14. The zero-order valence-electron chi connectivity index (χ0n) is 9.26. The van der Waals surface area contributed by atoms with Gasteiger partial charge in [0.05, 0.1) is 10.6 Å². The van der Waals surface area contributed by atoms with Gasteiger partial charge in [0.2, 0.25) is 0 Å². The molecule has 1 heterocycles. The molecule has 1 amide bonds. The maximum atomic E-state index is 12.3. The van der Waals surface area contributed by atoms with E-state index >= 15 is 0 Å². The molecule has 0 atom stereocenters. The summed E-state index contributed by atoms with van der Waals surface area (Å²) in [5, 5.41) is -0.0455. The predicted molar refractivity (Wildman–Crippen MR) is 61.9 cm³/mol. The molecule has 0 N–H and O–H groups in total. The number of alkyl halides is 3. The van der Waals surface area contributed by atoms with Crippen LogP contribution in [0.25, 0.3) is 0 Å². The molecule has 0 fully saturated rings. The Morgan fingerprint density at radius 1 is 1.44 bits per heavy atom. The third kappa shape index (κ3) is 4.03. The van der Waals surface area contributed by atoms with Crippen LogP contribution in [0.15, 0.2) is 12.3 Å². The van der Waals surface area contributed by atoms with E-state index in [1.54, 1.807) is 0 Å². The molecule has 8 heteroatoms. The first-order chi connectivity index (χ1) is 8.24. The van der Waals surface area contributed by atoms with Gasteiger partial charge in [-0.3, -0.25) is 4.79 Å². The van der Waals surface area contributed by atoms with Crippen LogP contribution in [0.4, 0.5) is 13.2 Å². The molecule has 0 saturated carbocycles. The number of carbonyl (C=O) groups is 1. The van der Waals surface area contributed by atoms with Crippen molar-refractivity contribution in [2.75, 3.05) is 13.1 Å². The van der Waals surface area contributed by atoms with Gasteiger partial charge >= 0.3 is 6.18 Å². The molecular formula is C10H9Cl2F3N2O. The number of pyridine rings is 1. The molecule has 0 radical (unpaired) electrons. The van der Waals surface area contributed by atoms with Crippen LogP contribution in [0.3, 0.4) is 0 Å². The summed E-state index contributed by atoms with van der Waals surface area (Å²) in [5.41, 5.74) is -0.0947. The molecule has 0 bridgehead atoms. The van der Waals surface area contributed by atoms with Gasteiger partial charge in [-0.1, -0.05) is 23.2 Å². The molecule has 1 rings (SSSR count). The number of hydrogen-bond acceptors (Lipinski definition) is 2. The first kappa shape index (κ1) is 15.0. The second-order valence-electron chi connectivity index (χ2n) is 3.42. The quantitative estimate of drug-likeness (QED) is 0.802. The highest BCUT2D eigenvalue weighted by Crippen LogP contribution is 2.22. The number of amides is 1. The minimum absolute atomic E-state index is 0.00851. The maximum absolute atomic E-state index is 12.3. The second-order valence-corrected chi connectivity index (χ2v) is 4.22. The number of carbonyl (C=O) groups excluding carboxylic acids is 1. The summed E-state index contributed by atoms with van der Waals surface area (Å²) < 4.78 is 36.9. The number of rotatable bonds is 3. The van der Waals surface area contributed by atoms with Crippen molar-refractivity contribution in [1.29, 1.82) is 0 Å². The molecule has 0 spiro atoms. The van der Waals surface area contributed by atoms with Crippen LogP contribution in [0.5, 0.6) is 0 Å². The zero-order valence-corrected chi connectivity index (χ0v) is 10.8. The van der Waals surface area contributed by atoms with E-state index in [1.165, 1.54) is 6.92 Å². The predicted octanol–water partition coefficient (Wildman–Crippen LogP) is 3.41. The van der Waals surface area contributed by atoms with Gasteiger partial charge in [-0.15, -0.1) is 0 Å². The van der Waals surface area contributed by atoms with Crippen molar-refractivity contribution in [3.05, 3.63) is 28.0 Å². The van der Waals surface area contributed by atoms with Crippen molar-refractivity contribution < 1.29 is 18.0 Å². The fourth-order valence-electron chi connectivity index (χ4n) is 1.29. The molecule has 1 aromatic rings. The van der Waals surface area contributed by atoms with E-state index in [1.807, 2.05) is 0 Å². The minimum Gasteiger partial charge on any atom is -0.330 e. The Morgan fingerprint density at radius 2 is 2.06 bits per heavy atom. The van der Waals surface area contributed by atoms with Crippen molar-refractivity contribution in [2.45, 2.75) is 13.1 Å². The van der Waals surface area contributed by atoms with E-state index in [0.29, 0.717) is 4.90 Å². The van der Waals surface area contributed by atoms with Crippen molar-refractivity contribution in [1.82, 2.24) is 9.88 Å². The number of nitrogens with zero attached hydrogens (tertiary/aromatic N) is 2. The van der Waals surface area contributed by atoms with Crippen LogP contribution in [0, 0.1) is 0 Å². The van der Waals surface area contributed by atoms with Crippen LogP contribution < -0.4 is 0 Å². The van der Waals surface area contributed by atoms with Crippen molar-refractivity contribution in [2.24, 2.45) is 0 Å². The molecule has 0 aliphatic rings. The minimum atomic E-state index is -4.46. The average Bonchev–Trinajstić information content (AvgIpc) is 2.27. The monoisotopic (exact) mass is 300 g/mol. The first-order valence-electron chi connectivity index (χ1n) is 4.91. The van der Waals surface area contributed by atoms with Crippen molar-refractivity contribution in [3.63, 3.8) is 0 Å². The van der Waals surface area contributed by atoms with Gasteiger partial charge < -0.3 is 4.90 Å². The molecule has 18 heavy (non-hydrogen) atoms. The Balaban J connectivity index is 3.00. The number of hydrogen-bond donors (Lipinski definition) is 0. The molecule has 3 nitrogen and oxygen atoms in total. The summed E-state index contributed by atoms with van der Waals surface area (Å²) >= 11 is 11.3. The summed E-state index contributed by atoms with van der Waals surface area (Å²) in [5.74, 6) is -0.830. The van der Waals surface area contributed by atoms with E-state index in [0.717, 1.165) is 12.3 Å². The average molecular weight is 301 g/mol. The maximum Gasteiger partial charge on any atom is 0.406 e. The normalized spacial score (nSPS) is 11.4. The lowest BCUT2D eigenvalue weighted by atomic mass is 10.2. The number of aromatic nitrogens is 1. The van der Waals surface area contributed by atoms with Crippen molar-refractivity contribution in [3.8, 4) is 0 Å². The van der Waals surface area contributed by atoms with Gasteiger partial charge in [-0.25, -0.2) is 4.98 Å². The van der Waals surface area contributed by atoms with Crippen LogP contribution in [-0.4, -0.2) is 35.1 Å². The fraction of sp³-hybridized carbons (Fsp3) is 0.400. The number of halogens is 5. The molecule has 100 valence electrons. The Bertz CT molecular complexity index is 451. The van der Waals surface area contributed by atoms with E-state index in [-0.39, 0.29) is 22.3 Å². The highest BCUT2D eigenvalue weighted by atomic mass is 35.5. The molecule has 0 aliphatic heterocycles. The highest BCUT2D eigenvalue weighted by Gasteiger charge is 2.33. The van der Waals surface area contributed by atoms with Crippen LogP contribution in [0.2, 0.25) is 10.2 Å². The molecule has 0 unspecified atom stereocenters.